The summed E-state index contributed by atoms with van der Waals surface area (Å²) in [5.74, 6) is 1.13. The van der Waals surface area contributed by atoms with Gasteiger partial charge in [0, 0.05) is 23.8 Å². The van der Waals surface area contributed by atoms with E-state index in [0.717, 1.165) is 25.7 Å². The number of allylic oxidation sites excluding steroid dienone is 1. The van der Waals surface area contributed by atoms with Crippen LogP contribution in [0.4, 0.5) is 0 Å². The fraction of sp³-hybridized carbons (Fsp3) is 0.464. The van der Waals surface area contributed by atoms with E-state index < -0.39 is 0 Å². The van der Waals surface area contributed by atoms with Crippen LogP contribution in [0.3, 0.4) is 0 Å². The maximum Gasteiger partial charge on any atom is 0.0975 e. The van der Waals surface area contributed by atoms with Gasteiger partial charge in [0.25, 0.3) is 0 Å². The summed E-state index contributed by atoms with van der Waals surface area (Å²) in [7, 11) is 0. The molecule has 2 aromatic rings. The molecule has 3 nitrogen and oxygen atoms in total. The summed E-state index contributed by atoms with van der Waals surface area (Å²) in [5, 5.41) is 2.53. The first-order chi connectivity index (χ1) is 15.0. The van der Waals surface area contributed by atoms with E-state index in [2.05, 4.69) is 60.5 Å². The van der Waals surface area contributed by atoms with Gasteiger partial charge >= 0.3 is 0 Å². The largest absolute Gasteiger partial charge is 0.359 e. The van der Waals surface area contributed by atoms with Gasteiger partial charge in [0.2, 0.25) is 0 Å². The molecule has 0 amide bonds. The summed E-state index contributed by atoms with van der Waals surface area (Å²) in [6.45, 7) is 2.53. The van der Waals surface area contributed by atoms with Crippen molar-refractivity contribution in [1.29, 1.82) is 0 Å². The highest BCUT2D eigenvalue weighted by atomic mass is 16.5. The van der Waals surface area contributed by atoms with Crippen molar-refractivity contribution in [3.05, 3.63) is 77.7 Å². The molecule has 31 heavy (non-hydrogen) atoms. The lowest BCUT2D eigenvalue weighted by Gasteiger charge is -2.53. The van der Waals surface area contributed by atoms with Crippen molar-refractivity contribution in [1.82, 2.24) is 4.98 Å². The van der Waals surface area contributed by atoms with Gasteiger partial charge in [-0.3, -0.25) is 4.98 Å². The van der Waals surface area contributed by atoms with Gasteiger partial charge in [-0.15, -0.1) is 0 Å². The number of benzene rings is 1. The van der Waals surface area contributed by atoms with E-state index in [-0.39, 0.29) is 22.7 Å². The fourth-order valence-corrected chi connectivity index (χ4v) is 7.97. The van der Waals surface area contributed by atoms with Gasteiger partial charge in [-0.25, -0.2) is 0 Å². The summed E-state index contributed by atoms with van der Waals surface area (Å²) in [6.07, 6.45) is 20.0. The zero-order valence-corrected chi connectivity index (χ0v) is 18.2. The fourth-order valence-electron chi connectivity index (χ4n) is 7.97. The zero-order valence-electron chi connectivity index (χ0n) is 18.2. The number of nitrogens with zero attached hydrogens (tertiary/aromatic N) is 1. The molecule has 3 heterocycles. The summed E-state index contributed by atoms with van der Waals surface area (Å²) in [4.78, 5) is 4.36. The lowest BCUT2D eigenvalue weighted by molar-refractivity contribution is -0.129. The van der Waals surface area contributed by atoms with Gasteiger partial charge in [0.05, 0.1) is 11.2 Å². The average Bonchev–Trinajstić information content (AvgIpc) is 3.28. The number of aromatic nitrogens is 1. The molecular weight excluding hydrogens is 380 g/mol. The second-order valence-electron chi connectivity index (χ2n) is 10.8. The SMILES string of the molecule is C[C@]12CC=C3C=C4C=C[C@@H](N)C[C@]45CC[C@]3(O5)[C@@H]1CCC2c1ccc2ccncc2c1. The number of pyridine rings is 1. The van der Waals surface area contributed by atoms with Gasteiger partial charge in [0.1, 0.15) is 0 Å². The molecule has 3 heteroatoms. The van der Waals surface area contributed by atoms with Crippen LogP contribution in [-0.2, 0) is 4.74 Å². The van der Waals surface area contributed by atoms with E-state index in [1.54, 1.807) is 0 Å². The number of hydrogen-bond donors (Lipinski definition) is 1. The van der Waals surface area contributed by atoms with Crippen LogP contribution in [0.1, 0.15) is 56.9 Å². The molecule has 1 saturated carbocycles. The van der Waals surface area contributed by atoms with Gasteiger partial charge in [-0.1, -0.05) is 43.4 Å². The number of nitrogens with two attached hydrogens (primary N) is 1. The number of fused-ring (bicyclic) bond motifs is 2. The summed E-state index contributed by atoms with van der Waals surface area (Å²) in [6, 6.07) is 9.23. The van der Waals surface area contributed by atoms with Crippen LogP contribution < -0.4 is 5.73 Å². The first kappa shape index (κ1) is 18.4. The third-order valence-electron chi connectivity index (χ3n) is 9.42. The average molecular weight is 411 g/mol. The van der Waals surface area contributed by atoms with Crippen molar-refractivity contribution in [2.24, 2.45) is 17.1 Å². The molecule has 1 aromatic carbocycles. The minimum Gasteiger partial charge on any atom is -0.359 e. The maximum atomic E-state index is 7.21. The van der Waals surface area contributed by atoms with Crippen LogP contribution in [0.15, 0.2) is 72.1 Å². The van der Waals surface area contributed by atoms with Crippen molar-refractivity contribution in [3.8, 4) is 0 Å². The molecule has 5 aliphatic rings. The summed E-state index contributed by atoms with van der Waals surface area (Å²) >= 11 is 0. The number of rotatable bonds is 1. The van der Waals surface area contributed by atoms with E-state index >= 15 is 0 Å². The summed E-state index contributed by atoms with van der Waals surface area (Å²) < 4.78 is 7.21. The minimum absolute atomic E-state index is 0.107. The Morgan fingerprint density at radius 3 is 2.97 bits per heavy atom. The first-order valence-corrected chi connectivity index (χ1v) is 11.9. The van der Waals surface area contributed by atoms with Crippen LogP contribution in [0.5, 0.6) is 0 Å². The molecule has 158 valence electrons. The first-order valence-electron chi connectivity index (χ1n) is 11.9. The van der Waals surface area contributed by atoms with Crippen molar-refractivity contribution in [3.63, 3.8) is 0 Å². The van der Waals surface area contributed by atoms with E-state index in [4.69, 9.17) is 10.5 Å². The molecular formula is C28H30N2O. The molecule has 2 spiro atoms. The van der Waals surface area contributed by atoms with Gasteiger partial charge < -0.3 is 10.5 Å². The topological polar surface area (TPSA) is 48.1 Å². The quantitative estimate of drug-likeness (QED) is 0.668. The number of hydrogen-bond acceptors (Lipinski definition) is 3. The Kier molecular flexibility index (Phi) is 3.53. The molecule has 6 atom stereocenters. The van der Waals surface area contributed by atoms with Crippen LogP contribution in [0.2, 0.25) is 0 Å². The predicted molar refractivity (Wildman–Crippen MR) is 124 cm³/mol. The van der Waals surface area contributed by atoms with E-state index in [1.807, 2.05) is 12.4 Å². The predicted octanol–water partition coefficient (Wildman–Crippen LogP) is 5.58. The van der Waals surface area contributed by atoms with Crippen molar-refractivity contribution in [2.45, 2.75) is 68.6 Å². The molecule has 2 N–H and O–H groups in total. The highest BCUT2D eigenvalue weighted by molar-refractivity contribution is 5.82. The zero-order chi connectivity index (χ0) is 20.8. The third kappa shape index (κ3) is 2.29. The minimum atomic E-state index is -0.156. The lowest BCUT2D eigenvalue weighted by atomic mass is 9.58. The molecule has 2 fully saturated rings. The molecule has 2 aliphatic heterocycles. The summed E-state index contributed by atoms with van der Waals surface area (Å²) in [5.41, 5.74) is 10.6. The van der Waals surface area contributed by atoms with Gasteiger partial charge in [-0.05, 0) is 90.0 Å². The van der Waals surface area contributed by atoms with Crippen molar-refractivity contribution in [2.75, 3.05) is 0 Å². The highest BCUT2D eigenvalue weighted by Gasteiger charge is 2.66. The smallest absolute Gasteiger partial charge is 0.0975 e. The Bertz CT molecular complexity index is 1190. The van der Waals surface area contributed by atoms with Crippen LogP contribution >= 0.6 is 0 Å². The Labute approximate surface area is 184 Å². The third-order valence-corrected chi connectivity index (χ3v) is 9.42. The van der Waals surface area contributed by atoms with E-state index in [1.165, 1.54) is 40.3 Å². The molecule has 3 aliphatic carbocycles. The van der Waals surface area contributed by atoms with Gasteiger partial charge in [-0.2, -0.15) is 0 Å². The van der Waals surface area contributed by atoms with Crippen LogP contribution in [0, 0.1) is 11.3 Å². The lowest BCUT2D eigenvalue weighted by Crippen LogP contribution is -2.54. The molecule has 1 aromatic heterocycles. The molecule has 7 rings (SSSR count). The highest BCUT2D eigenvalue weighted by Crippen LogP contribution is 2.68. The second-order valence-corrected chi connectivity index (χ2v) is 10.8. The van der Waals surface area contributed by atoms with Crippen LogP contribution in [0.25, 0.3) is 10.8 Å². The molecule has 1 unspecified atom stereocenters. The monoisotopic (exact) mass is 410 g/mol. The molecule has 1 saturated heterocycles. The standard InChI is InChI=1S/C28H30N2O/c1-26-10-8-22-15-21-4-5-23(29)16-27(21)11-12-28(22,31-27)25(26)7-6-24(26)19-3-2-18-9-13-30-17-20(18)14-19/h2-5,8-9,13-15,17,23-25H,6-7,10-12,16,29H2,1H3/t23-,24?,25-,26-,27-,28-/m1/s1. The second kappa shape index (κ2) is 5.96. The molecule has 2 bridgehead atoms. The normalized spacial score (nSPS) is 42.6. The Morgan fingerprint density at radius 2 is 2.03 bits per heavy atom. The van der Waals surface area contributed by atoms with Crippen LogP contribution in [-0.4, -0.2) is 22.2 Å². The van der Waals surface area contributed by atoms with Crippen molar-refractivity contribution < 1.29 is 4.74 Å². The van der Waals surface area contributed by atoms with Crippen molar-refractivity contribution >= 4 is 10.8 Å². The molecule has 0 radical (unpaired) electrons. The number of ether oxygens (including phenoxy) is 1. The van der Waals surface area contributed by atoms with Gasteiger partial charge in [0.15, 0.2) is 0 Å². The van der Waals surface area contributed by atoms with E-state index in [9.17, 15) is 0 Å². The Morgan fingerprint density at radius 1 is 1.10 bits per heavy atom. The Hall–Kier alpha value is -2.23. The van der Waals surface area contributed by atoms with E-state index in [0.29, 0.717) is 11.8 Å². The Balaban J connectivity index is 1.32. The maximum absolute atomic E-state index is 7.21.